The fourth-order valence-electron chi connectivity index (χ4n) is 1.33. The van der Waals surface area contributed by atoms with Crippen LogP contribution in [0.5, 0.6) is 0 Å². The van der Waals surface area contributed by atoms with Gasteiger partial charge in [0.2, 0.25) is 0 Å². The Labute approximate surface area is 97.1 Å². The summed E-state index contributed by atoms with van der Waals surface area (Å²) in [6.07, 6.45) is 1.94. The van der Waals surface area contributed by atoms with Gasteiger partial charge in [0.05, 0.1) is 24.7 Å². The lowest BCUT2D eigenvalue weighted by Gasteiger charge is -2.32. The molecule has 0 amide bonds. The molecule has 4 nitrogen and oxygen atoms in total. The number of carbonyl (C=O) groups excluding carboxylic acids is 1. The zero-order valence-electron chi connectivity index (χ0n) is 10.6. The third-order valence-electron chi connectivity index (χ3n) is 3.08. The molecule has 0 bridgehead atoms. The van der Waals surface area contributed by atoms with Crippen LogP contribution in [-0.2, 0) is 18.8 Å². The Hall–Kier alpha value is -0.805. The second-order valence-corrected chi connectivity index (χ2v) is 4.83. The van der Waals surface area contributed by atoms with Gasteiger partial charge in [-0.05, 0) is 27.7 Å². The summed E-state index contributed by atoms with van der Waals surface area (Å²) in [5.74, 6) is 1.47. The maximum Gasteiger partial charge on any atom is 0.486 e. The van der Waals surface area contributed by atoms with Crippen LogP contribution in [0, 0.1) is 0 Å². The Kier molecular flexibility index (Phi) is 3.81. The fraction of sp³-hybridized carbons (Fsp3) is 0.727. The molecule has 0 aromatic carbocycles. The molecule has 1 aliphatic rings. The Morgan fingerprint density at radius 3 is 2.19 bits per heavy atom. The van der Waals surface area contributed by atoms with Crippen molar-refractivity contribution in [2.75, 3.05) is 7.11 Å². The number of esters is 1. The third-order valence-corrected chi connectivity index (χ3v) is 3.08. The van der Waals surface area contributed by atoms with Crippen molar-refractivity contribution in [2.24, 2.45) is 0 Å². The monoisotopic (exact) mass is 226 g/mol. The fourth-order valence-corrected chi connectivity index (χ4v) is 1.33. The van der Waals surface area contributed by atoms with Crippen molar-refractivity contribution in [1.29, 1.82) is 0 Å². The van der Waals surface area contributed by atoms with Gasteiger partial charge in [0.1, 0.15) is 0 Å². The molecule has 0 atom stereocenters. The van der Waals surface area contributed by atoms with Crippen LogP contribution in [0.1, 0.15) is 34.1 Å². The van der Waals surface area contributed by atoms with Crippen LogP contribution in [0.15, 0.2) is 12.1 Å². The summed E-state index contributed by atoms with van der Waals surface area (Å²) < 4.78 is 16.0. The lowest BCUT2D eigenvalue weighted by Crippen LogP contribution is -2.41. The molecule has 1 aliphatic heterocycles. The number of ether oxygens (including phenoxy) is 1. The molecule has 0 aromatic heterocycles. The average Bonchev–Trinajstić information content (AvgIpc) is 2.35. The molecular formula is C11H19BO4. The highest BCUT2D eigenvalue weighted by Crippen LogP contribution is 2.36. The Morgan fingerprint density at radius 1 is 1.25 bits per heavy atom. The Morgan fingerprint density at radius 2 is 1.75 bits per heavy atom. The summed E-state index contributed by atoms with van der Waals surface area (Å²) in [4.78, 5) is 10.9. The predicted molar refractivity (Wildman–Crippen MR) is 61.9 cm³/mol. The summed E-state index contributed by atoms with van der Waals surface area (Å²) >= 11 is 0. The van der Waals surface area contributed by atoms with Gasteiger partial charge in [-0.2, -0.15) is 0 Å². The molecule has 1 saturated heterocycles. The van der Waals surface area contributed by atoms with Crippen molar-refractivity contribution in [3.05, 3.63) is 12.1 Å². The van der Waals surface area contributed by atoms with Crippen molar-refractivity contribution in [3.8, 4) is 0 Å². The quantitative estimate of drug-likeness (QED) is 0.543. The van der Waals surface area contributed by atoms with Gasteiger partial charge in [-0.15, -0.1) is 0 Å². The van der Waals surface area contributed by atoms with E-state index < -0.39 is 7.12 Å². The summed E-state index contributed by atoms with van der Waals surface area (Å²) in [5, 5.41) is 0. The molecule has 0 spiro atoms. The molecule has 90 valence electrons. The molecule has 0 aliphatic carbocycles. The van der Waals surface area contributed by atoms with Gasteiger partial charge in [-0.25, -0.2) is 0 Å². The van der Waals surface area contributed by atoms with Crippen LogP contribution >= 0.6 is 0 Å². The second-order valence-electron chi connectivity index (χ2n) is 4.83. The van der Waals surface area contributed by atoms with Crippen LogP contribution in [0.4, 0.5) is 0 Å². The SMILES string of the molecule is COC(=O)C/C=C\B1OC(C)(C)C(C)(C)O1. The largest absolute Gasteiger partial charge is 0.486 e. The van der Waals surface area contributed by atoms with E-state index in [1.54, 1.807) is 12.1 Å². The zero-order valence-corrected chi connectivity index (χ0v) is 10.6. The molecular weight excluding hydrogens is 207 g/mol. The number of hydrogen-bond acceptors (Lipinski definition) is 4. The first-order chi connectivity index (χ1) is 7.28. The summed E-state index contributed by atoms with van der Waals surface area (Å²) in [6.45, 7) is 7.95. The standard InChI is InChI=1S/C11H19BO4/c1-10(2)11(3,4)16-12(15-10)8-6-7-9(13)14-5/h6,8H,7H2,1-5H3/b8-6-. The maximum absolute atomic E-state index is 10.9. The van der Waals surface area contributed by atoms with Gasteiger partial charge in [-0.1, -0.05) is 12.1 Å². The van der Waals surface area contributed by atoms with E-state index in [-0.39, 0.29) is 23.6 Å². The molecule has 0 saturated carbocycles. The van der Waals surface area contributed by atoms with E-state index in [4.69, 9.17) is 9.31 Å². The highest BCUT2D eigenvalue weighted by molar-refractivity contribution is 6.51. The van der Waals surface area contributed by atoms with Crippen LogP contribution in [0.3, 0.4) is 0 Å². The zero-order chi connectivity index (χ0) is 12.4. The van der Waals surface area contributed by atoms with E-state index in [9.17, 15) is 4.79 Å². The number of rotatable bonds is 3. The predicted octanol–water partition coefficient (Wildman–Crippen LogP) is 1.74. The summed E-state index contributed by atoms with van der Waals surface area (Å²) in [7, 11) is 0.972. The van der Waals surface area contributed by atoms with Crippen molar-refractivity contribution in [3.63, 3.8) is 0 Å². The topological polar surface area (TPSA) is 44.8 Å². The smallest absolute Gasteiger partial charge is 0.469 e. The van der Waals surface area contributed by atoms with Crippen molar-refractivity contribution >= 4 is 13.1 Å². The second kappa shape index (κ2) is 4.59. The van der Waals surface area contributed by atoms with E-state index in [2.05, 4.69) is 4.74 Å². The molecule has 0 aromatic rings. The minimum Gasteiger partial charge on any atom is -0.469 e. The van der Waals surface area contributed by atoms with Gasteiger partial charge in [0, 0.05) is 0 Å². The maximum atomic E-state index is 10.9. The summed E-state index contributed by atoms with van der Waals surface area (Å²) in [6, 6.07) is 0. The van der Waals surface area contributed by atoms with Crippen molar-refractivity contribution < 1.29 is 18.8 Å². The van der Waals surface area contributed by atoms with Crippen LogP contribution < -0.4 is 0 Å². The molecule has 5 heteroatoms. The van der Waals surface area contributed by atoms with Crippen molar-refractivity contribution in [1.82, 2.24) is 0 Å². The van der Waals surface area contributed by atoms with E-state index >= 15 is 0 Å². The molecule has 1 rings (SSSR count). The van der Waals surface area contributed by atoms with Gasteiger partial charge in [0.15, 0.2) is 0 Å². The lowest BCUT2D eigenvalue weighted by atomic mass is 9.90. The first-order valence-corrected chi connectivity index (χ1v) is 5.37. The van der Waals surface area contributed by atoms with E-state index in [0.717, 1.165) is 0 Å². The van der Waals surface area contributed by atoms with Gasteiger partial charge < -0.3 is 14.0 Å². The minimum absolute atomic E-state index is 0.237. The van der Waals surface area contributed by atoms with E-state index in [1.165, 1.54) is 7.11 Å². The third kappa shape index (κ3) is 2.86. The molecule has 0 N–H and O–H groups in total. The summed E-state index contributed by atoms with van der Waals surface area (Å²) in [5.41, 5.74) is -0.680. The van der Waals surface area contributed by atoms with Gasteiger partial charge in [0.25, 0.3) is 0 Å². The van der Waals surface area contributed by atoms with Crippen LogP contribution in [-0.4, -0.2) is 31.4 Å². The van der Waals surface area contributed by atoms with Gasteiger partial charge >= 0.3 is 13.1 Å². The van der Waals surface area contributed by atoms with E-state index in [0.29, 0.717) is 0 Å². The molecule has 0 radical (unpaired) electrons. The number of carbonyl (C=O) groups is 1. The normalized spacial score (nSPS) is 22.7. The van der Waals surface area contributed by atoms with Crippen molar-refractivity contribution in [2.45, 2.75) is 45.3 Å². The molecule has 16 heavy (non-hydrogen) atoms. The average molecular weight is 226 g/mol. The first-order valence-electron chi connectivity index (χ1n) is 5.37. The van der Waals surface area contributed by atoms with Crippen LogP contribution in [0.2, 0.25) is 0 Å². The highest BCUT2D eigenvalue weighted by Gasteiger charge is 2.49. The number of hydrogen-bond donors (Lipinski definition) is 0. The minimum atomic E-state index is -0.394. The Bertz CT molecular complexity index is 280. The lowest BCUT2D eigenvalue weighted by molar-refractivity contribution is -0.139. The van der Waals surface area contributed by atoms with E-state index in [1.807, 2.05) is 27.7 Å². The number of methoxy groups -OCH3 is 1. The highest BCUT2D eigenvalue weighted by atomic mass is 16.7. The molecule has 1 heterocycles. The molecule has 0 unspecified atom stereocenters. The van der Waals surface area contributed by atoms with Crippen LogP contribution in [0.25, 0.3) is 0 Å². The first kappa shape index (κ1) is 13.3. The Balaban J connectivity index is 2.51. The van der Waals surface area contributed by atoms with Gasteiger partial charge in [-0.3, -0.25) is 4.79 Å². The molecule has 1 fully saturated rings.